The molecule has 2 atom stereocenters. The van der Waals surface area contributed by atoms with Crippen molar-refractivity contribution < 1.29 is 0 Å². The highest BCUT2D eigenvalue weighted by molar-refractivity contribution is 4.83. The molecule has 1 heteroatoms. The molecule has 0 amide bonds. The zero-order valence-corrected chi connectivity index (χ0v) is 7.47. The molecule has 0 saturated carbocycles. The highest BCUT2D eigenvalue weighted by Crippen LogP contribution is 2.20. The normalized spacial score (nSPS) is 31.7. The van der Waals surface area contributed by atoms with Crippen LogP contribution in [0.3, 0.4) is 0 Å². The monoisotopic (exact) mass is 153 g/mol. The molecule has 0 bridgehead atoms. The van der Waals surface area contributed by atoms with Crippen LogP contribution in [0.25, 0.3) is 0 Å². The first-order chi connectivity index (χ1) is 5.36. The first kappa shape index (κ1) is 8.79. The highest BCUT2D eigenvalue weighted by Gasteiger charge is 2.18. The van der Waals surface area contributed by atoms with Gasteiger partial charge in [0.05, 0.1) is 0 Å². The topological polar surface area (TPSA) is 12.0 Å². The maximum absolute atomic E-state index is 3.77. The van der Waals surface area contributed by atoms with E-state index >= 15 is 0 Å². The smallest absolute Gasteiger partial charge is 0.0104 e. The van der Waals surface area contributed by atoms with Crippen LogP contribution in [-0.2, 0) is 0 Å². The molecule has 1 heterocycles. The Labute approximate surface area is 69.9 Å². The van der Waals surface area contributed by atoms with E-state index in [2.05, 4.69) is 18.8 Å². The second-order valence-electron chi connectivity index (χ2n) is 3.47. The average Bonchev–Trinajstić information content (AvgIpc) is 2.06. The van der Waals surface area contributed by atoms with Gasteiger partial charge in [-0.05, 0) is 31.7 Å². The Balaban J connectivity index is 2.27. The van der Waals surface area contributed by atoms with Gasteiger partial charge in [-0.15, -0.1) is 6.58 Å². The summed E-state index contributed by atoms with van der Waals surface area (Å²) < 4.78 is 0. The van der Waals surface area contributed by atoms with Crippen molar-refractivity contribution in [2.45, 2.75) is 38.6 Å². The molecule has 1 rings (SSSR count). The van der Waals surface area contributed by atoms with E-state index in [1.54, 1.807) is 0 Å². The van der Waals surface area contributed by atoms with Crippen LogP contribution in [0.2, 0.25) is 0 Å². The summed E-state index contributed by atoms with van der Waals surface area (Å²) in [6.45, 7) is 7.26. The summed E-state index contributed by atoms with van der Waals surface area (Å²) in [5.41, 5.74) is 0. The molecule has 0 aliphatic carbocycles. The molecular weight excluding hydrogens is 134 g/mol. The lowest BCUT2D eigenvalue weighted by molar-refractivity contribution is 0.296. The SMILES string of the molecule is C=CCC1CC(CC)CCN1. The van der Waals surface area contributed by atoms with Crippen molar-refractivity contribution >= 4 is 0 Å². The lowest BCUT2D eigenvalue weighted by Crippen LogP contribution is -2.37. The highest BCUT2D eigenvalue weighted by atomic mass is 14.9. The quantitative estimate of drug-likeness (QED) is 0.614. The molecule has 0 aromatic carbocycles. The third kappa shape index (κ3) is 2.66. The van der Waals surface area contributed by atoms with E-state index < -0.39 is 0 Å². The third-order valence-corrected chi connectivity index (χ3v) is 2.63. The van der Waals surface area contributed by atoms with Gasteiger partial charge in [0.15, 0.2) is 0 Å². The number of rotatable bonds is 3. The maximum Gasteiger partial charge on any atom is 0.0104 e. The van der Waals surface area contributed by atoms with E-state index in [1.807, 2.05) is 6.08 Å². The molecule has 64 valence electrons. The van der Waals surface area contributed by atoms with Gasteiger partial charge in [0.2, 0.25) is 0 Å². The molecule has 2 unspecified atom stereocenters. The van der Waals surface area contributed by atoms with Gasteiger partial charge in [-0.25, -0.2) is 0 Å². The number of hydrogen-bond acceptors (Lipinski definition) is 1. The van der Waals surface area contributed by atoms with Crippen LogP contribution in [-0.4, -0.2) is 12.6 Å². The van der Waals surface area contributed by atoms with Crippen LogP contribution in [0, 0.1) is 5.92 Å². The summed E-state index contributed by atoms with van der Waals surface area (Å²) in [5.74, 6) is 0.959. The van der Waals surface area contributed by atoms with Crippen LogP contribution < -0.4 is 5.32 Å². The van der Waals surface area contributed by atoms with Crippen molar-refractivity contribution in [1.82, 2.24) is 5.32 Å². The van der Waals surface area contributed by atoms with Gasteiger partial charge < -0.3 is 5.32 Å². The minimum atomic E-state index is 0.714. The fourth-order valence-corrected chi connectivity index (χ4v) is 1.85. The summed E-state index contributed by atoms with van der Waals surface area (Å²) in [6, 6.07) is 0.714. The minimum absolute atomic E-state index is 0.714. The van der Waals surface area contributed by atoms with Gasteiger partial charge in [0.1, 0.15) is 0 Å². The van der Waals surface area contributed by atoms with Crippen molar-refractivity contribution in [3.05, 3.63) is 12.7 Å². The predicted molar refractivity (Wildman–Crippen MR) is 49.6 cm³/mol. The molecular formula is C10H19N. The molecule has 0 radical (unpaired) electrons. The van der Waals surface area contributed by atoms with Gasteiger partial charge in [-0.3, -0.25) is 0 Å². The summed E-state index contributed by atoms with van der Waals surface area (Å²) in [5, 5.41) is 3.51. The lowest BCUT2D eigenvalue weighted by atomic mass is 9.89. The summed E-state index contributed by atoms with van der Waals surface area (Å²) in [7, 11) is 0. The molecule has 1 fully saturated rings. The Kier molecular flexibility index (Phi) is 3.64. The Morgan fingerprint density at radius 2 is 2.45 bits per heavy atom. The zero-order chi connectivity index (χ0) is 8.10. The molecule has 0 spiro atoms. The Morgan fingerprint density at radius 1 is 1.64 bits per heavy atom. The van der Waals surface area contributed by atoms with Crippen molar-refractivity contribution in [2.75, 3.05) is 6.54 Å². The van der Waals surface area contributed by atoms with Crippen molar-refractivity contribution in [3.63, 3.8) is 0 Å². The van der Waals surface area contributed by atoms with Crippen molar-refractivity contribution in [3.8, 4) is 0 Å². The van der Waals surface area contributed by atoms with Crippen LogP contribution >= 0.6 is 0 Å². The zero-order valence-electron chi connectivity index (χ0n) is 7.47. The van der Waals surface area contributed by atoms with Crippen molar-refractivity contribution in [2.24, 2.45) is 5.92 Å². The molecule has 1 nitrogen and oxygen atoms in total. The van der Waals surface area contributed by atoms with E-state index in [9.17, 15) is 0 Å². The van der Waals surface area contributed by atoms with Gasteiger partial charge in [-0.1, -0.05) is 19.4 Å². The maximum atomic E-state index is 3.77. The molecule has 0 aromatic rings. The minimum Gasteiger partial charge on any atom is -0.314 e. The number of hydrogen-bond donors (Lipinski definition) is 1. The average molecular weight is 153 g/mol. The summed E-state index contributed by atoms with van der Waals surface area (Å²) in [4.78, 5) is 0. The second kappa shape index (κ2) is 4.55. The lowest BCUT2D eigenvalue weighted by Gasteiger charge is -2.28. The fourth-order valence-electron chi connectivity index (χ4n) is 1.85. The van der Waals surface area contributed by atoms with E-state index in [0.717, 1.165) is 12.3 Å². The molecule has 1 aliphatic rings. The second-order valence-corrected chi connectivity index (χ2v) is 3.47. The number of piperidine rings is 1. The van der Waals surface area contributed by atoms with Gasteiger partial charge in [0, 0.05) is 6.04 Å². The van der Waals surface area contributed by atoms with Crippen LogP contribution in [0.5, 0.6) is 0 Å². The first-order valence-electron chi connectivity index (χ1n) is 4.71. The molecule has 1 saturated heterocycles. The van der Waals surface area contributed by atoms with E-state index in [4.69, 9.17) is 0 Å². The molecule has 1 aliphatic heterocycles. The third-order valence-electron chi connectivity index (χ3n) is 2.63. The standard InChI is InChI=1S/C10H19N/c1-3-5-10-8-9(4-2)6-7-11-10/h3,9-11H,1,4-8H2,2H3. The molecule has 0 aromatic heterocycles. The van der Waals surface area contributed by atoms with E-state index in [-0.39, 0.29) is 0 Å². The van der Waals surface area contributed by atoms with Gasteiger partial charge in [-0.2, -0.15) is 0 Å². The fraction of sp³-hybridized carbons (Fsp3) is 0.800. The van der Waals surface area contributed by atoms with E-state index in [0.29, 0.717) is 6.04 Å². The first-order valence-corrected chi connectivity index (χ1v) is 4.71. The largest absolute Gasteiger partial charge is 0.314 e. The van der Waals surface area contributed by atoms with Crippen LogP contribution in [0.15, 0.2) is 12.7 Å². The van der Waals surface area contributed by atoms with E-state index in [1.165, 1.54) is 25.8 Å². The summed E-state index contributed by atoms with van der Waals surface area (Å²) in [6.07, 6.45) is 7.22. The predicted octanol–water partition coefficient (Wildman–Crippen LogP) is 2.34. The molecule has 1 N–H and O–H groups in total. The Hall–Kier alpha value is -0.300. The Bertz CT molecular complexity index is 120. The Morgan fingerprint density at radius 3 is 3.09 bits per heavy atom. The number of nitrogens with one attached hydrogen (secondary N) is 1. The van der Waals surface area contributed by atoms with Gasteiger partial charge in [0.25, 0.3) is 0 Å². The molecule has 11 heavy (non-hydrogen) atoms. The van der Waals surface area contributed by atoms with Crippen LogP contribution in [0.1, 0.15) is 32.6 Å². The van der Waals surface area contributed by atoms with Gasteiger partial charge >= 0.3 is 0 Å². The van der Waals surface area contributed by atoms with Crippen molar-refractivity contribution in [1.29, 1.82) is 0 Å². The van der Waals surface area contributed by atoms with Crippen LogP contribution in [0.4, 0.5) is 0 Å². The summed E-state index contributed by atoms with van der Waals surface area (Å²) >= 11 is 0.